The molecule has 1 amide bonds. The van der Waals surface area contributed by atoms with Crippen LogP contribution in [0, 0.1) is 0 Å². The van der Waals surface area contributed by atoms with Crippen LogP contribution in [-0.4, -0.2) is 12.5 Å². The molecule has 1 N–H and O–H groups in total. The fraction of sp³-hybridized carbons (Fsp3) is 0.350. The molecule has 2 rings (SSSR count). The number of amides is 1. The van der Waals surface area contributed by atoms with Gasteiger partial charge in [-0.1, -0.05) is 56.0 Å². The quantitative estimate of drug-likeness (QED) is 0.502. The second-order valence-corrected chi connectivity index (χ2v) is 7.09. The maximum Gasteiger partial charge on any atom is 0.251 e. The number of carbonyl (C=O) groups excluding carboxylic acids is 1. The standard InChI is InChI=1S/C20H23BrClNO2/c1-2-3-4-7-12-25-19-11-10-15(13-17(19)21)20(24)23-14-16-8-5-6-9-18(16)22/h5-6,8-11,13H,2-4,7,12,14H2,1H3,(H,23,24). The smallest absolute Gasteiger partial charge is 0.251 e. The number of benzene rings is 2. The Kier molecular flexibility index (Phi) is 8.29. The van der Waals surface area contributed by atoms with Gasteiger partial charge >= 0.3 is 0 Å². The van der Waals surface area contributed by atoms with Crippen LogP contribution in [0.15, 0.2) is 46.9 Å². The lowest BCUT2D eigenvalue weighted by Crippen LogP contribution is -2.22. The molecule has 0 bridgehead atoms. The Labute approximate surface area is 162 Å². The molecule has 0 aliphatic heterocycles. The Bertz CT molecular complexity index is 706. The van der Waals surface area contributed by atoms with Crippen molar-refractivity contribution in [1.29, 1.82) is 0 Å². The summed E-state index contributed by atoms with van der Waals surface area (Å²) in [5.74, 6) is 0.620. The molecule has 0 fully saturated rings. The highest BCUT2D eigenvalue weighted by atomic mass is 79.9. The van der Waals surface area contributed by atoms with Gasteiger partial charge in [0.25, 0.3) is 5.91 Å². The average Bonchev–Trinajstić information content (AvgIpc) is 2.61. The zero-order valence-electron chi connectivity index (χ0n) is 14.4. The average molecular weight is 425 g/mol. The van der Waals surface area contributed by atoms with E-state index < -0.39 is 0 Å². The summed E-state index contributed by atoms with van der Waals surface area (Å²) in [5.41, 5.74) is 1.47. The van der Waals surface area contributed by atoms with Crippen molar-refractivity contribution in [3.8, 4) is 5.75 Å². The molecule has 0 spiro atoms. The monoisotopic (exact) mass is 423 g/mol. The molecule has 5 heteroatoms. The third-order valence-corrected chi connectivity index (χ3v) is 4.84. The third-order valence-electron chi connectivity index (χ3n) is 3.85. The Balaban J connectivity index is 1.88. The lowest BCUT2D eigenvalue weighted by atomic mass is 10.2. The summed E-state index contributed by atoms with van der Waals surface area (Å²) < 4.78 is 6.55. The van der Waals surface area contributed by atoms with Gasteiger partial charge in [0.1, 0.15) is 5.75 Å². The van der Waals surface area contributed by atoms with Crippen molar-refractivity contribution in [2.45, 2.75) is 39.2 Å². The van der Waals surface area contributed by atoms with E-state index in [4.69, 9.17) is 16.3 Å². The molecule has 0 atom stereocenters. The van der Waals surface area contributed by atoms with Crippen molar-refractivity contribution < 1.29 is 9.53 Å². The number of unbranched alkanes of at least 4 members (excludes halogenated alkanes) is 3. The van der Waals surface area contributed by atoms with Crippen LogP contribution in [0.3, 0.4) is 0 Å². The maximum absolute atomic E-state index is 12.3. The fourth-order valence-electron chi connectivity index (χ4n) is 2.39. The van der Waals surface area contributed by atoms with Crippen LogP contribution in [0.1, 0.15) is 48.5 Å². The van der Waals surface area contributed by atoms with Crippen molar-refractivity contribution in [3.05, 3.63) is 63.1 Å². The van der Waals surface area contributed by atoms with E-state index in [1.807, 2.05) is 30.3 Å². The van der Waals surface area contributed by atoms with Crippen LogP contribution >= 0.6 is 27.5 Å². The second kappa shape index (κ2) is 10.5. The van der Waals surface area contributed by atoms with Crippen molar-refractivity contribution in [1.82, 2.24) is 5.32 Å². The molecule has 0 heterocycles. The summed E-state index contributed by atoms with van der Waals surface area (Å²) >= 11 is 9.58. The highest BCUT2D eigenvalue weighted by molar-refractivity contribution is 9.10. The van der Waals surface area contributed by atoms with Crippen LogP contribution in [0.2, 0.25) is 5.02 Å². The van der Waals surface area contributed by atoms with Crippen LogP contribution in [-0.2, 0) is 6.54 Å². The number of ether oxygens (including phenoxy) is 1. The molecular formula is C20H23BrClNO2. The highest BCUT2D eigenvalue weighted by Gasteiger charge is 2.10. The van der Waals surface area contributed by atoms with E-state index in [-0.39, 0.29) is 5.91 Å². The summed E-state index contributed by atoms with van der Waals surface area (Å²) in [6.07, 6.45) is 4.66. The predicted molar refractivity (Wildman–Crippen MR) is 106 cm³/mol. The lowest BCUT2D eigenvalue weighted by molar-refractivity contribution is 0.0951. The fourth-order valence-corrected chi connectivity index (χ4v) is 3.09. The van der Waals surface area contributed by atoms with Crippen molar-refractivity contribution in [3.63, 3.8) is 0 Å². The van der Waals surface area contributed by atoms with Gasteiger partial charge in [-0.3, -0.25) is 4.79 Å². The molecule has 25 heavy (non-hydrogen) atoms. The van der Waals surface area contributed by atoms with Crippen molar-refractivity contribution >= 4 is 33.4 Å². The van der Waals surface area contributed by atoms with Gasteiger partial charge in [-0.25, -0.2) is 0 Å². The van der Waals surface area contributed by atoms with E-state index in [1.54, 1.807) is 12.1 Å². The largest absolute Gasteiger partial charge is 0.492 e. The molecule has 0 aliphatic rings. The van der Waals surface area contributed by atoms with E-state index >= 15 is 0 Å². The van der Waals surface area contributed by atoms with Gasteiger partial charge in [-0.2, -0.15) is 0 Å². The maximum atomic E-state index is 12.3. The number of rotatable bonds is 9. The molecule has 0 saturated heterocycles. The van der Waals surface area contributed by atoms with Crippen LogP contribution < -0.4 is 10.1 Å². The zero-order valence-corrected chi connectivity index (χ0v) is 16.7. The van der Waals surface area contributed by atoms with Gasteiger partial charge < -0.3 is 10.1 Å². The van der Waals surface area contributed by atoms with Crippen LogP contribution in [0.4, 0.5) is 0 Å². The Morgan fingerprint density at radius 1 is 1.16 bits per heavy atom. The van der Waals surface area contributed by atoms with Gasteiger partial charge in [0.05, 0.1) is 11.1 Å². The number of nitrogens with one attached hydrogen (secondary N) is 1. The van der Waals surface area contributed by atoms with Gasteiger partial charge in [-0.15, -0.1) is 0 Å². The molecule has 0 radical (unpaired) electrons. The number of halogens is 2. The first-order chi connectivity index (χ1) is 12.1. The third kappa shape index (κ3) is 6.37. The number of hydrogen-bond acceptors (Lipinski definition) is 2. The molecule has 3 nitrogen and oxygen atoms in total. The van der Waals surface area contributed by atoms with Crippen LogP contribution in [0.25, 0.3) is 0 Å². The minimum absolute atomic E-state index is 0.143. The zero-order chi connectivity index (χ0) is 18.1. The van der Waals surface area contributed by atoms with Gasteiger partial charge in [-0.05, 0) is 52.2 Å². The molecular weight excluding hydrogens is 402 g/mol. The van der Waals surface area contributed by atoms with Gasteiger partial charge in [0, 0.05) is 17.1 Å². The minimum atomic E-state index is -0.143. The van der Waals surface area contributed by atoms with Gasteiger partial charge in [0.2, 0.25) is 0 Å². The van der Waals surface area contributed by atoms with Gasteiger partial charge in [0.15, 0.2) is 0 Å². The Hall–Kier alpha value is -1.52. The van der Waals surface area contributed by atoms with E-state index in [2.05, 4.69) is 28.2 Å². The normalized spacial score (nSPS) is 10.5. The van der Waals surface area contributed by atoms with E-state index in [1.165, 1.54) is 19.3 Å². The second-order valence-electron chi connectivity index (χ2n) is 5.83. The summed E-state index contributed by atoms with van der Waals surface area (Å²) in [6, 6.07) is 12.9. The lowest BCUT2D eigenvalue weighted by Gasteiger charge is -2.10. The summed E-state index contributed by atoms with van der Waals surface area (Å²) in [6.45, 7) is 3.27. The minimum Gasteiger partial charge on any atom is -0.492 e. The van der Waals surface area contributed by atoms with E-state index in [0.29, 0.717) is 23.7 Å². The topological polar surface area (TPSA) is 38.3 Å². The molecule has 2 aromatic rings. The molecule has 0 aliphatic carbocycles. The summed E-state index contributed by atoms with van der Waals surface area (Å²) in [7, 11) is 0. The molecule has 134 valence electrons. The first kappa shape index (κ1) is 19.8. The van der Waals surface area contributed by atoms with E-state index in [0.717, 1.165) is 22.2 Å². The molecule has 0 saturated carbocycles. The first-order valence-corrected chi connectivity index (χ1v) is 9.73. The van der Waals surface area contributed by atoms with E-state index in [9.17, 15) is 4.79 Å². The predicted octanol–water partition coefficient (Wildman–Crippen LogP) is 5.99. The summed E-state index contributed by atoms with van der Waals surface area (Å²) in [4.78, 5) is 12.3. The van der Waals surface area contributed by atoms with Crippen molar-refractivity contribution in [2.24, 2.45) is 0 Å². The molecule has 0 aromatic heterocycles. The summed E-state index contributed by atoms with van der Waals surface area (Å²) in [5, 5.41) is 3.53. The Morgan fingerprint density at radius 2 is 1.96 bits per heavy atom. The molecule has 0 unspecified atom stereocenters. The number of carbonyl (C=O) groups is 1. The molecule has 2 aromatic carbocycles. The van der Waals surface area contributed by atoms with Crippen LogP contribution in [0.5, 0.6) is 5.75 Å². The first-order valence-electron chi connectivity index (χ1n) is 8.55. The van der Waals surface area contributed by atoms with Crippen molar-refractivity contribution in [2.75, 3.05) is 6.61 Å². The highest BCUT2D eigenvalue weighted by Crippen LogP contribution is 2.26. The number of hydrogen-bond donors (Lipinski definition) is 1. The Morgan fingerprint density at radius 3 is 2.68 bits per heavy atom. The SMILES string of the molecule is CCCCCCOc1ccc(C(=O)NCc2ccccc2Cl)cc1Br.